The fourth-order valence-corrected chi connectivity index (χ4v) is 8.44. The van der Waals surface area contributed by atoms with E-state index < -0.39 is 17.1 Å². The Kier molecular flexibility index (Phi) is 5.22. The van der Waals surface area contributed by atoms with Crippen LogP contribution in [0.3, 0.4) is 0 Å². The molecule has 0 aromatic heterocycles. The number of piperidine rings is 1. The number of aliphatic hydroxyl groups is 1. The Bertz CT molecular complexity index is 1260. The first-order valence-electron chi connectivity index (χ1n) is 14.2. The van der Waals surface area contributed by atoms with Crippen LogP contribution in [0, 0.1) is 12.8 Å². The molecule has 5 aliphatic rings. The van der Waals surface area contributed by atoms with Crippen LogP contribution in [0.5, 0.6) is 11.5 Å². The van der Waals surface area contributed by atoms with E-state index in [1.165, 1.54) is 18.4 Å². The maximum Gasteiger partial charge on any atom is 0.227 e. The van der Waals surface area contributed by atoms with Crippen molar-refractivity contribution in [1.82, 2.24) is 10.2 Å². The fourth-order valence-electron chi connectivity index (χ4n) is 8.44. The summed E-state index contributed by atoms with van der Waals surface area (Å²) in [6, 6.07) is 11.7. The van der Waals surface area contributed by atoms with Gasteiger partial charge in [0.2, 0.25) is 5.91 Å². The lowest BCUT2D eigenvalue weighted by Gasteiger charge is -2.64. The molecule has 196 valence electrons. The van der Waals surface area contributed by atoms with E-state index in [-0.39, 0.29) is 29.7 Å². The number of amides is 1. The topological polar surface area (TPSA) is 82.0 Å². The number of aromatic hydroxyl groups is 1. The van der Waals surface area contributed by atoms with Gasteiger partial charge in [-0.1, -0.05) is 37.3 Å². The Hall–Kier alpha value is -2.57. The first kappa shape index (κ1) is 23.5. The largest absolute Gasteiger partial charge is 0.504 e. The summed E-state index contributed by atoms with van der Waals surface area (Å²) < 4.78 is 6.62. The van der Waals surface area contributed by atoms with E-state index in [1.807, 2.05) is 18.2 Å². The Morgan fingerprint density at radius 2 is 2.00 bits per heavy atom. The second-order valence-electron chi connectivity index (χ2n) is 12.3. The standard InChI is InChI=1S/C31H38N2O4/c1-3-21(22-7-5-4-6-18(22)2)29(35)32-23-12-13-31(36)25-16-20-10-11-24(34)27-26(20)30(31,28(23)37-27)14-15-33(25)17-19-8-9-19/h4-7,10-11,19,21,23,25,28,34,36H,3,8-9,12-17H2,1-2H3,(H,32,35)/t21?,23-,25-,28+,30+,31-/m1/s1. The van der Waals surface area contributed by atoms with Gasteiger partial charge in [-0.25, -0.2) is 0 Å². The first-order chi connectivity index (χ1) is 17.9. The number of hydrogen-bond acceptors (Lipinski definition) is 5. The molecular weight excluding hydrogens is 464 g/mol. The fraction of sp³-hybridized carbons (Fsp3) is 0.581. The molecule has 6 atom stereocenters. The second kappa shape index (κ2) is 8.21. The smallest absolute Gasteiger partial charge is 0.227 e. The molecule has 2 aliphatic heterocycles. The molecule has 37 heavy (non-hydrogen) atoms. The molecule has 2 aromatic rings. The number of hydrogen-bond donors (Lipinski definition) is 3. The predicted molar refractivity (Wildman–Crippen MR) is 141 cm³/mol. The van der Waals surface area contributed by atoms with Crippen molar-refractivity contribution in [2.75, 3.05) is 13.1 Å². The molecule has 1 saturated heterocycles. The minimum absolute atomic E-state index is 0.0196. The first-order valence-corrected chi connectivity index (χ1v) is 14.2. The molecular formula is C31H38N2O4. The van der Waals surface area contributed by atoms with Crippen molar-refractivity contribution in [3.8, 4) is 11.5 Å². The molecule has 3 fully saturated rings. The minimum Gasteiger partial charge on any atom is -0.504 e. The molecule has 1 amide bonds. The van der Waals surface area contributed by atoms with Gasteiger partial charge in [0.15, 0.2) is 11.5 Å². The molecule has 2 heterocycles. The molecule has 6 nitrogen and oxygen atoms in total. The Morgan fingerprint density at radius 1 is 1.19 bits per heavy atom. The Labute approximate surface area is 219 Å². The van der Waals surface area contributed by atoms with Crippen LogP contribution in [-0.4, -0.2) is 57.9 Å². The van der Waals surface area contributed by atoms with Gasteiger partial charge in [0.25, 0.3) is 0 Å². The predicted octanol–water partition coefficient (Wildman–Crippen LogP) is 3.94. The number of benzene rings is 2. The van der Waals surface area contributed by atoms with E-state index in [0.717, 1.165) is 48.5 Å². The molecule has 2 aromatic carbocycles. The number of carbonyl (C=O) groups is 1. The number of ether oxygens (including phenoxy) is 1. The van der Waals surface area contributed by atoms with Gasteiger partial charge in [0, 0.05) is 18.2 Å². The lowest BCUT2D eigenvalue weighted by atomic mass is 9.48. The zero-order valence-corrected chi connectivity index (χ0v) is 21.9. The zero-order chi connectivity index (χ0) is 25.5. The number of nitrogens with zero attached hydrogens (tertiary/aromatic N) is 1. The van der Waals surface area contributed by atoms with E-state index >= 15 is 0 Å². The van der Waals surface area contributed by atoms with Crippen molar-refractivity contribution in [2.45, 2.75) is 93.9 Å². The molecule has 6 heteroatoms. The summed E-state index contributed by atoms with van der Waals surface area (Å²) in [6.45, 7) is 6.09. The van der Waals surface area contributed by atoms with E-state index in [9.17, 15) is 15.0 Å². The van der Waals surface area contributed by atoms with E-state index in [4.69, 9.17) is 4.74 Å². The third-order valence-electron chi connectivity index (χ3n) is 10.4. The van der Waals surface area contributed by atoms with Gasteiger partial charge in [0.1, 0.15) is 6.10 Å². The third-order valence-corrected chi connectivity index (χ3v) is 10.4. The highest BCUT2D eigenvalue weighted by atomic mass is 16.5. The number of phenols is 1. The van der Waals surface area contributed by atoms with Crippen LogP contribution in [-0.2, 0) is 16.6 Å². The Morgan fingerprint density at radius 3 is 2.76 bits per heavy atom. The minimum atomic E-state index is -0.932. The van der Waals surface area contributed by atoms with Crippen LogP contribution in [0.1, 0.15) is 73.6 Å². The van der Waals surface area contributed by atoms with Crippen molar-refractivity contribution in [3.63, 3.8) is 0 Å². The van der Waals surface area contributed by atoms with Crippen molar-refractivity contribution < 1.29 is 19.7 Å². The third kappa shape index (κ3) is 3.21. The van der Waals surface area contributed by atoms with Crippen molar-refractivity contribution in [1.29, 1.82) is 0 Å². The number of phenolic OH excluding ortho intramolecular Hbond substituents is 1. The summed E-state index contributed by atoms with van der Waals surface area (Å²) in [5, 5.41) is 26.8. The molecule has 2 bridgehead atoms. The summed E-state index contributed by atoms with van der Waals surface area (Å²) in [5.41, 5.74) is 2.84. The summed E-state index contributed by atoms with van der Waals surface area (Å²) in [7, 11) is 0. The maximum absolute atomic E-state index is 13.7. The molecule has 2 saturated carbocycles. The SMILES string of the molecule is CCC(C(=O)N[C@@H]1CC[C@@]2(O)[C@H]3Cc4ccc(O)c5c4[C@@]2(CCN3CC2CC2)[C@H]1O5)c1ccccc1C. The lowest BCUT2D eigenvalue weighted by molar-refractivity contribution is -0.192. The molecule has 3 aliphatic carbocycles. The number of likely N-dealkylation sites (tertiary alicyclic amines) is 1. The van der Waals surface area contributed by atoms with Gasteiger partial charge < -0.3 is 20.3 Å². The van der Waals surface area contributed by atoms with Gasteiger partial charge in [-0.05, 0) is 87.1 Å². The van der Waals surface area contributed by atoms with Crippen molar-refractivity contribution in [3.05, 3.63) is 58.7 Å². The number of nitrogens with one attached hydrogen (secondary N) is 1. The molecule has 0 radical (unpaired) electrons. The average molecular weight is 503 g/mol. The highest BCUT2D eigenvalue weighted by Crippen LogP contribution is 2.65. The van der Waals surface area contributed by atoms with E-state index in [2.05, 4.69) is 36.2 Å². The monoisotopic (exact) mass is 502 g/mol. The molecule has 3 N–H and O–H groups in total. The average Bonchev–Trinajstić information content (AvgIpc) is 3.62. The highest BCUT2D eigenvalue weighted by Gasteiger charge is 2.73. The Balaban J connectivity index is 1.26. The number of rotatable bonds is 6. The van der Waals surface area contributed by atoms with Crippen LogP contribution < -0.4 is 10.1 Å². The van der Waals surface area contributed by atoms with Crippen molar-refractivity contribution >= 4 is 5.91 Å². The van der Waals surface area contributed by atoms with Crippen molar-refractivity contribution in [2.24, 2.45) is 5.92 Å². The van der Waals surface area contributed by atoms with Crippen LogP contribution in [0.4, 0.5) is 0 Å². The molecule has 1 unspecified atom stereocenters. The maximum atomic E-state index is 13.7. The van der Waals surface area contributed by atoms with Gasteiger partial charge in [-0.3, -0.25) is 9.69 Å². The second-order valence-corrected chi connectivity index (χ2v) is 12.3. The van der Waals surface area contributed by atoms with Gasteiger partial charge in [-0.2, -0.15) is 0 Å². The van der Waals surface area contributed by atoms with Crippen LogP contribution >= 0.6 is 0 Å². The lowest BCUT2D eigenvalue weighted by Crippen LogP contribution is -2.78. The quantitative estimate of drug-likeness (QED) is 0.558. The number of carbonyl (C=O) groups excluding carboxylic acids is 1. The van der Waals surface area contributed by atoms with Crippen LogP contribution in [0.15, 0.2) is 36.4 Å². The van der Waals surface area contributed by atoms with Crippen LogP contribution in [0.2, 0.25) is 0 Å². The number of aryl methyl sites for hydroxylation is 1. The van der Waals surface area contributed by atoms with Gasteiger partial charge in [-0.15, -0.1) is 0 Å². The zero-order valence-electron chi connectivity index (χ0n) is 21.9. The van der Waals surface area contributed by atoms with E-state index in [1.54, 1.807) is 6.07 Å². The molecule has 7 rings (SSSR count). The normalized spacial score (nSPS) is 34.4. The van der Waals surface area contributed by atoms with Crippen LogP contribution in [0.25, 0.3) is 0 Å². The highest BCUT2D eigenvalue weighted by molar-refractivity contribution is 5.84. The summed E-state index contributed by atoms with van der Waals surface area (Å²) >= 11 is 0. The van der Waals surface area contributed by atoms with E-state index in [0.29, 0.717) is 25.0 Å². The summed E-state index contributed by atoms with van der Waals surface area (Å²) in [6.07, 6.45) is 5.76. The molecule has 1 spiro atoms. The summed E-state index contributed by atoms with van der Waals surface area (Å²) in [5.74, 6) is 1.22. The van der Waals surface area contributed by atoms with Gasteiger partial charge in [0.05, 0.1) is 23.0 Å². The summed E-state index contributed by atoms with van der Waals surface area (Å²) in [4.78, 5) is 16.3. The van der Waals surface area contributed by atoms with Gasteiger partial charge >= 0.3 is 0 Å².